The SMILES string of the molecule is CCCOc1ccc(C=NNC(=O)c2cccc(S(=O)(=O)N3CCOCC3)c2)c(O)c1. The average Bonchev–Trinajstić information content (AvgIpc) is 2.79. The Kier molecular flexibility index (Phi) is 7.61. The van der Waals surface area contributed by atoms with Gasteiger partial charge in [0.2, 0.25) is 10.0 Å². The van der Waals surface area contributed by atoms with Crippen LogP contribution in [-0.2, 0) is 14.8 Å². The van der Waals surface area contributed by atoms with Gasteiger partial charge in [-0.05, 0) is 36.8 Å². The first-order chi connectivity index (χ1) is 14.9. The van der Waals surface area contributed by atoms with Crippen LogP contribution in [0.25, 0.3) is 0 Å². The van der Waals surface area contributed by atoms with Crippen molar-refractivity contribution in [2.75, 3.05) is 32.9 Å². The normalized spacial score (nSPS) is 15.1. The zero-order valence-corrected chi connectivity index (χ0v) is 18.0. The summed E-state index contributed by atoms with van der Waals surface area (Å²) in [5.41, 5.74) is 2.89. The second-order valence-electron chi connectivity index (χ2n) is 6.81. The molecule has 9 nitrogen and oxygen atoms in total. The molecule has 166 valence electrons. The number of morpholine rings is 1. The molecule has 0 saturated carbocycles. The van der Waals surface area contributed by atoms with Gasteiger partial charge in [0.1, 0.15) is 11.5 Å². The van der Waals surface area contributed by atoms with Crippen LogP contribution in [0, 0.1) is 0 Å². The minimum atomic E-state index is -3.71. The van der Waals surface area contributed by atoms with Crippen LogP contribution < -0.4 is 10.2 Å². The van der Waals surface area contributed by atoms with Gasteiger partial charge in [0, 0.05) is 30.3 Å². The van der Waals surface area contributed by atoms with E-state index >= 15 is 0 Å². The largest absolute Gasteiger partial charge is 0.507 e. The van der Waals surface area contributed by atoms with Crippen LogP contribution in [0.5, 0.6) is 11.5 Å². The quantitative estimate of drug-likeness (QED) is 0.472. The number of nitrogens with zero attached hydrogens (tertiary/aromatic N) is 2. The summed E-state index contributed by atoms with van der Waals surface area (Å²) in [6.45, 7) is 3.75. The van der Waals surface area contributed by atoms with Gasteiger partial charge in [-0.3, -0.25) is 4.79 Å². The molecule has 2 aromatic carbocycles. The highest BCUT2D eigenvalue weighted by Gasteiger charge is 2.26. The Morgan fingerprint density at radius 3 is 2.74 bits per heavy atom. The Balaban J connectivity index is 1.66. The third-order valence-corrected chi connectivity index (χ3v) is 6.44. The number of carbonyl (C=O) groups excluding carboxylic acids is 1. The van der Waals surface area contributed by atoms with Crippen LogP contribution in [0.4, 0.5) is 0 Å². The molecule has 0 atom stereocenters. The van der Waals surface area contributed by atoms with E-state index in [-0.39, 0.29) is 29.3 Å². The number of hydrogen-bond acceptors (Lipinski definition) is 7. The fourth-order valence-electron chi connectivity index (χ4n) is 2.90. The van der Waals surface area contributed by atoms with Crippen molar-refractivity contribution in [1.82, 2.24) is 9.73 Å². The molecule has 31 heavy (non-hydrogen) atoms. The van der Waals surface area contributed by atoms with E-state index in [0.29, 0.717) is 31.1 Å². The molecule has 1 amide bonds. The summed E-state index contributed by atoms with van der Waals surface area (Å²) in [5.74, 6) is -0.0679. The van der Waals surface area contributed by atoms with Crippen LogP contribution in [0.3, 0.4) is 0 Å². The molecule has 2 aromatic rings. The maximum atomic E-state index is 12.8. The number of hydrogen-bond donors (Lipinski definition) is 2. The van der Waals surface area contributed by atoms with Crippen LogP contribution >= 0.6 is 0 Å². The number of amides is 1. The van der Waals surface area contributed by atoms with Crippen LogP contribution in [-0.4, -0.2) is 62.9 Å². The number of benzene rings is 2. The monoisotopic (exact) mass is 447 g/mol. The molecule has 0 unspecified atom stereocenters. The molecule has 1 heterocycles. The molecule has 2 N–H and O–H groups in total. The molecular formula is C21H25N3O6S. The Hall–Kier alpha value is -2.95. The molecule has 1 fully saturated rings. The highest BCUT2D eigenvalue weighted by Crippen LogP contribution is 2.22. The van der Waals surface area contributed by atoms with E-state index in [0.717, 1.165) is 6.42 Å². The highest BCUT2D eigenvalue weighted by molar-refractivity contribution is 7.89. The Morgan fingerprint density at radius 1 is 1.26 bits per heavy atom. The number of rotatable bonds is 8. The third kappa shape index (κ3) is 5.81. The maximum absolute atomic E-state index is 12.8. The predicted molar refractivity (Wildman–Crippen MR) is 115 cm³/mol. The third-order valence-electron chi connectivity index (χ3n) is 4.55. The van der Waals surface area contributed by atoms with Gasteiger partial charge < -0.3 is 14.6 Å². The smallest absolute Gasteiger partial charge is 0.271 e. The summed E-state index contributed by atoms with van der Waals surface area (Å²) in [4.78, 5) is 12.4. The molecule has 10 heteroatoms. The standard InChI is InChI=1S/C21H25N3O6S/c1-2-10-30-18-7-6-17(20(25)14-18)15-22-23-21(26)16-4-3-5-19(13-16)31(27,28)24-8-11-29-12-9-24/h3-7,13-15,25H,2,8-12H2,1H3,(H,23,26). The van der Waals surface area contributed by atoms with Gasteiger partial charge in [-0.15, -0.1) is 0 Å². The summed E-state index contributed by atoms with van der Waals surface area (Å²) < 4.78 is 37.5. The minimum absolute atomic E-state index is 0.0337. The molecule has 0 bridgehead atoms. The van der Waals surface area contributed by atoms with E-state index in [2.05, 4.69) is 10.5 Å². The highest BCUT2D eigenvalue weighted by atomic mass is 32.2. The van der Waals surface area contributed by atoms with Crippen molar-refractivity contribution >= 4 is 22.1 Å². The number of nitrogens with one attached hydrogen (secondary N) is 1. The fourth-order valence-corrected chi connectivity index (χ4v) is 4.36. The predicted octanol–water partition coefficient (Wildman–Crippen LogP) is 1.97. The Morgan fingerprint density at radius 2 is 2.03 bits per heavy atom. The zero-order chi connectivity index (χ0) is 22.3. The van der Waals surface area contributed by atoms with E-state index in [1.54, 1.807) is 12.1 Å². The van der Waals surface area contributed by atoms with Gasteiger partial charge >= 0.3 is 0 Å². The van der Waals surface area contributed by atoms with Crippen molar-refractivity contribution in [2.24, 2.45) is 5.10 Å². The van der Waals surface area contributed by atoms with Crippen molar-refractivity contribution in [3.8, 4) is 11.5 Å². The van der Waals surface area contributed by atoms with Gasteiger partial charge in [-0.25, -0.2) is 13.8 Å². The summed E-state index contributed by atoms with van der Waals surface area (Å²) in [6, 6.07) is 10.5. The molecule has 1 aliphatic heterocycles. The van der Waals surface area contributed by atoms with Crippen LogP contribution in [0.15, 0.2) is 52.5 Å². The van der Waals surface area contributed by atoms with Gasteiger partial charge in [0.15, 0.2) is 0 Å². The van der Waals surface area contributed by atoms with Crippen molar-refractivity contribution in [1.29, 1.82) is 0 Å². The first-order valence-corrected chi connectivity index (χ1v) is 11.3. The van der Waals surface area contributed by atoms with Gasteiger partial charge in [0.05, 0.1) is 30.9 Å². The molecule has 0 spiro atoms. The van der Waals surface area contributed by atoms with E-state index in [4.69, 9.17) is 9.47 Å². The van der Waals surface area contributed by atoms with Gasteiger partial charge in [0.25, 0.3) is 5.91 Å². The van der Waals surface area contributed by atoms with Crippen molar-refractivity contribution in [2.45, 2.75) is 18.2 Å². The molecule has 0 aliphatic carbocycles. The molecular weight excluding hydrogens is 422 g/mol. The van der Waals surface area contributed by atoms with Gasteiger partial charge in [-0.2, -0.15) is 9.41 Å². The number of sulfonamides is 1. The Labute approximate surface area is 181 Å². The number of hydrazone groups is 1. The van der Waals surface area contributed by atoms with E-state index < -0.39 is 15.9 Å². The lowest BCUT2D eigenvalue weighted by Crippen LogP contribution is -2.40. The number of phenolic OH excluding ortho intramolecular Hbond substituents is 1. The Bertz CT molecular complexity index is 1050. The molecule has 3 rings (SSSR count). The number of ether oxygens (including phenoxy) is 2. The van der Waals surface area contributed by atoms with E-state index in [1.165, 1.54) is 40.9 Å². The second kappa shape index (κ2) is 10.4. The summed E-state index contributed by atoms with van der Waals surface area (Å²) >= 11 is 0. The summed E-state index contributed by atoms with van der Waals surface area (Å²) in [7, 11) is -3.71. The molecule has 0 radical (unpaired) electrons. The van der Waals surface area contributed by atoms with E-state index in [1.807, 2.05) is 6.92 Å². The lowest BCUT2D eigenvalue weighted by molar-refractivity contribution is 0.0730. The average molecular weight is 448 g/mol. The van der Waals surface area contributed by atoms with Crippen molar-refractivity contribution in [3.05, 3.63) is 53.6 Å². The minimum Gasteiger partial charge on any atom is -0.507 e. The molecule has 1 saturated heterocycles. The summed E-state index contributed by atoms with van der Waals surface area (Å²) in [6.07, 6.45) is 2.15. The van der Waals surface area contributed by atoms with Crippen molar-refractivity contribution < 1.29 is 27.8 Å². The van der Waals surface area contributed by atoms with Crippen LogP contribution in [0.2, 0.25) is 0 Å². The number of aromatic hydroxyl groups is 1. The zero-order valence-electron chi connectivity index (χ0n) is 17.2. The second-order valence-corrected chi connectivity index (χ2v) is 8.75. The molecule has 0 aromatic heterocycles. The number of phenols is 1. The fraction of sp³-hybridized carbons (Fsp3) is 0.333. The summed E-state index contributed by atoms with van der Waals surface area (Å²) in [5, 5.41) is 13.9. The van der Waals surface area contributed by atoms with Crippen molar-refractivity contribution in [3.63, 3.8) is 0 Å². The lowest BCUT2D eigenvalue weighted by Gasteiger charge is -2.26. The first-order valence-electron chi connectivity index (χ1n) is 9.89. The number of carbonyl (C=O) groups is 1. The van der Waals surface area contributed by atoms with Crippen LogP contribution in [0.1, 0.15) is 29.3 Å². The topological polar surface area (TPSA) is 118 Å². The lowest BCUT2D eigenvalue weighted by atomic mass is 10.2. The first kappa shape index (κ1) is 22.7. The van der Waals surface area contributed by atoms with E-state index in [9.17, 15) is 18.3 Å². The molecule has 1 aliphatic rings. The maximum Gasteiger partial charge on any atom is 0.271 e. The van der Waals surface area contributed by atoms with Gasteiger partial charge in [-0.1, -0.05) is 13.0 Å².